The predicted octanol–water partition coefficient (Wildman–Crippen LogP) is 2.13. The van der Waals surface area contributed by atoms with Gasteiger partial charge in [0.05, 0.1) is 5.60 Å². The van der Waals surface area contributed by atoms with Crippen LogP contribution in [0, 0.1) is 5.92 Å². The van der Waals surface area contributed by atoms with Gasteiger partial charge in [0.15, 0.2) is 0 Å². The zero-order valence-corrected chi connectivity index (χ0v) is 9.80. The fourth-order valence-corrected chi connectivity index (χ4v) is 1.87. The molecule has 0 aromatic carbocycles. The Kier molecular flexibility index (Phi) is 5.57. The van der Waals surface area contributed by atoms with E-state index in [1.54, 1.807) is 0 Å². The third-order valence-corrected chi connectivity index (χ3v) is 2.31. The van der Waals surface area contributed by atoms with E-state index < -0.39 is 5.60 Å². The van der Waals surface area contributed by atoms with Crippen molar-refractivity contribution in [3.05, 3.63) is 0 Å². The molecule has 0 amide bonds. The van der Waals surface area contributed by atoms with Gasteiger partial charge in [-0.05, 0) is 32.4 Å². The fourth-order valence-electron chi connectivity index (χ4n) is 1.87. The van der Waals surface area contributed by atoms with E-state index in [-0.39, 0.29) is 0 Å². The third-order valence-electron chi connectivity index (χ3n) is 2.31. The molecule has 2 heteroatoms. The lowest BCUT2D eigenvalue weighted by Crippen LogP contribution is -2.41. The third kappa shape index (κ3) is 6.05. The molecule has 1 atom stereocenters. The van der Waals surface area contributed by atoms with Gasteiger partial charge in [0.25, 0.3) is 0 Å². The van der Waals surface area contributed by atoms with Crippen molar-refractivity contribution in [1.82, 2.24) is 4.90 Å². The minimum Gasteiger partial charge on any atom is -0.389 e. The lowest BCUT2D eigenvalue weighted by atomic mass is 9.94. The maximum atomic E-state index is 10.1. The average Bonchev–Trinajstić information content (AvgIpc) is 1.97. The van der Waals surface area contributed by atoms with Gasteiger partial charge >= 0.3 is 0 Å². The molecule has 0 saturated carbocycles. The number of hydrogen-bond acceptors (Lipinski definition) is 2. The first-order valence-corrected chi connectivity index (χ1v) is 5.36. The number of likely N-dealkylation sites (N-methyl/N-ethyl adjacent to an activating group) is 1. The lowest BCUT2D eigenvalue weighted by molar-refractivity contribution is 0.00517. The first-order chi connectivity index (χ1) is 5.91. The second kappa shape index (κ2) is 5.61. The summed E-state index contributed by atoms with van der Waals surface area (Å²) in [7, 11) is 0. The maximum absolute atomic E-state index is 10.1. The molecule has 0 heterocycles. The molecule has 0 bridgehead atoms. The first kappa shape index (κ1) is 12.9. The lowest BCUT2D eigenvalue weighted by Gasteiger charge is -2.31. The van der Waals surface area contributed by atoms with Crippen LogP contribution in [-0.4, -0.2) is 35.2 Å². The Morgan fingerprint density at radius 1 is 1.23 bits per heavy atom. The highest BCUT2D eigenvalue weighted by atomic mass is 16.3. The van der Waals surface area contributed by atoms with Crippen molar-refractivity contribution >= 4 is 0 Å². The predicted molar refractivity (Wildman–Crippen MR) is 57.9 cm³/mol. The summed E-state index contributed by atoms with van der Waals surface area (Å²) in [6.45, 7) is 13.3. The normalized spacial score (nSPS) is 16.6. The minimum absolute atomic E-state index is 0.528. The topological polar surface area (TPSA) is 23.5 Å². The van der Waals surface area contributed by atoms with Crippen LogP contribution in [-0.2, 0) is 0 Å². The van der Waals surface area contributed by atoms with Crippen LogP contribution in [0.1, 0.15) is 41.0 Å². The average molecular weight is 187 g/mol. The van der Waals surface area contributed by atoms with Gasteiger partial charge in [-0.25, -0.2) is 0 Å². The Bertz CT molecular complexity index is 128. The Hall–Kier alpha value is -0.0800. The highest BCUT2D eigenvalue weighted by Crippen LogP contribution is 2.17. The summed E-state index contributed by atoms with van der Waals surface area (Å²) < 4.78 is 0. The van der Waals surface area contributed by atoms with Crippen molar-refractivity contribution in [3.8, 4) is 0 Å². The molecule has 0 rings (SSSR count). The molecule has 0 aromatic heterocycles. The summed E-state index contributed by atoms with van der Waals surface area (Å²) in [6.07, 6.45) is 0.878. The molecule has 0 spiro atoms. The van der Waals surface area contributed by atoms with Crippen molar-refractivity contribution in [2.24, 2.45) is 5.92 Å². The molecule has 1 unspecified atom stereocenters. The smallest absolute Gasteiger partial charge is 0.0748 e. The van der Waals surface area contributed by atoms with Gasteiger partial charge in [-0.3, -0.25) is 0 Å². The highest BCUT2D eigenvalue weighted by molar-refractivity contribution is 4.77. The maximum Gasteiger partial charge on any atom is 0.0748 e. The molecular weight excluding hydrogens is 162 g/mol. The van der Waals surface area contributed by atoms with Crippen molar-refractivity contribution in [2.45, 2.75) is 46.6 Å². The number of aliphatic hydroxyl groups is 1. The van der Waals surface area contributed by atoms with E-state index in [4.69, 9.17) is 0 Å². The second-order valence-corrected chi connectivity index (χ2v) is 4.56. The highest BCUT2D eigenvalue weighted by Gasteiger charge is 2.23. The molecule has 80 valence electrons. The van der Waals surface area contributed by atoms with Crippen LogP contribution in [0.4, 0.5) is 0 Å². The Morgan fingerprint density at radius 2 is 1.69 bits per heavy atom. The number of nitrogens with zero attached hydrogens (tertiary/aromatic N) is 1. The van der Waals surface area contributed by atoms with E-state index in [0.29, 0.717) is 5.92 Å². The number of hydrogen-bond donors (Lipinski definition) is 1. The first-order valence-electron chi connectivity index (χ1n) is 5.36. The molecule has 0 aliphatic heterocycles. The molecule has 0 radical (unpaired) electrons. The number of rotatable bonds is 6. The molecule has 0 aliphatic rings. The molecule has 0 saturated heterocycles. The second-order valence-electron chi connectivity index (χ2n) is 4.56. The zero-order valence-electron chi connectivity index (χ0n) is 9.80. The molecular formula is C11H25NO. The van der Waals surface area contributed by atoms with Crippen LogP contribution in [0.25, 0.3) is 0 Å². The van der Waals surface area contributed by atoms with Crippen LogP contribution in [0.15, 0.2) is 0 Å². The van der Waals surface area contributed by atoms with Crippen molar-refractivity contribution in [1.29, 1.82) is 0 Å². The van der Waals surface area contributed by atoms with Crippen molar-refractivity contribution in [2.75, 3.05) is 19.6 Å². The van der Waals surface area contributed by atoms with Crippen LogP contribution in [0.3, 0.4) is 0 Å². The largest absolute Gasteiger partial charge is 0.389 e. The van der Waals surface area contributed by atoms with E-state index in [2.05, 4.69) is 32.6 Å². The van der Waals surface area contributed by atoms with Gasteiger partial charge in [-0.2, -0.15) is 0 Å². The van der Waals surface area contributed by atoms with Gasteiger partial charge in [0.1, 0.15) is 0 Å². The SMILES string of the molecule is CCN(CC)CC(C)(O)CC(C)C. The van der Waals surface area contributed by atoms with Gasteiger partial charge in [-0.15, -0.1) is 0 Å². The molecule has 1 N–H and O–H groups in total. The van der Waals surface area contributed by atoms with Crippen LogP contribution >= 0.6 is 0 Å². The van der Waals surface area contributed by atoms with E-state index in [1.807, 2.05) is 6.92 Å². The summed E-state index contributed by atoms with van der Waals surface area (Å²) >= 11 is 0. The molecule has 0 aliphatic carbocycles. The van der Waals surface area contributed by atoms with E-state index >= 15 is 0 Å². The molecule has 0 fully saturated rings. The zero-order chi connectivity index (χ0) is 10.5. The van der Waals surface area contributed by atoms with E-state index in [9.17, 15) is 5.11 Å². The molecule has 2 nitrogen and oxygen atoms in total. The summed E-state index contributed by atoms with van der Waals surface area (Å²) in [5, 5.41) is 10.1. The van der Waals surface area contributed by atoms with Gasteiger partial charge in [-0.1, -0.05) is 27.7 Å². The van der Waals surface area contributed by atoms with Gasteiger partial charge in [0.2, 0.25) is 0 Å². The minimum atomic E-state index is -0.528. The Labute approximate surface area is 82.9 Å². The van der Waals surface area contributed by atoms with Crippen LogP contribution in [0.2, 0.25) is 0 Å². The Morgan fingerprint density at radius 3 is 2.00 bits per heavy atom. The summed E-state index contributed by atoms with van der Waals surface area (Å²) in [4.78, 5) is 2.27. The summed E-state index contributed by atoms with van der Waals surface area (Å²) in [5.41, 5.74) is -0.528. The molecule has 13 heavy (non-hydrogen) atoms. The monoisotopic (exact) mass is 187 g/mol. The quantitative estimate of drug-likeness (QED) is 0.688. The fraction of sp³-hybridized carbons (Fsp3) is 1.00. The van der Waals surface area contributed by atoms with Gasteiger partial charge in [0, 0.05) is 6.54 Å². The molecule has 0 aromatic rings. The van der Waals surface area contributed by atoms with Crippen molar-refractivity contribution in [3.63, 3.8) is 0 Å². The van der Waals surface area contributed by atoms with Crippen molar-refractivity contribution < 1.29 is 5.11 Å². The Balaban J connectivity index is 3.98. The van der Waals surface area contributed by atoms with E-state index in [1.165, 1.54) is 0 Å². The van der Waals surface area contributed by atoms with Crippen LogP contribution < -0.4 is 0 Å². The standard InChI is InChI=1S/C11H25NO/c1-6-12(7-2)9-11(5,13)8-10(3)4/h10,13H,6-9H2,1-5H3. The van der Waals surface area contributed by atoms with Gasteiger partial charge < -0.3 is 10.0 Å². The van der Waals surface area contributed by atoms with Crippen LogP contribution in [0.5, 0.6) is 0 Å². The summed E-state index contributed by atoms with van der Waals surface area (Å²) in [6, 6.07) is 0. The van der Waals surface area contributed by atoms with E-state index in [0.717, 1.165) is 26.1 Å². The summed E-state index contributed by atoms with van der Waals surface area (Å²) in [5.74, 6) is 0.561.